The van der Waals surface area contributed by atoms with E-state index < -0.39 is 17.5 Å². The Morgan fingerprint density at radius 1 is 1.19 bits per heavy atom. The van der Waals surface area contributed by atoms with Crippen LogP contribution in [0, 0.1) is 17.5 Å². The van der Waals surface area contributed by atoms with Crippen molar-refractivity contribution in [2.24, 2.45) is 0 Å². The molecule has 0 saturated heterocycles. The van der Waals surface area contributed by atoms with Crippen LogP contribution < -0.4 is 0 Å². The second-order valence-electron chi connectivity index (χ2n) is 3.07. The minimum atomic E-state index is -1.55. The van der Waals surface area contributed by atoms with E-state index in [1.165, 1.54) is 6.20 Å². The number of nitrogens with one attached hydrogen (secondary N) is 1. The zero-order valence-corrected chi connectivity index (χ0v) is 7.80. The van der Waals surface area contributed by atoms with Gasteiger partial charge in [-0.3, -0.25) is 9.89 Å². The Hall–Kier alpha value is -2.11. The molecular weight excluding hydrogens is 221 g/mol. The molecule has 0 radical (unpaired) electrons. The van der Waals surface area contributed by atoms with Crippen molar-refractivity contribution in [1.82, 2.24) is 10.2 Å². The molecule has 2 rings (SSSR count). The topological polar surface area (TPSA) is 45.8 Å². The standard InChI is InChI=1S/C10H5F3N2O/c11-7-1-5(2-8(12)9(7)13)10-6(4-16)3-14-15-10/h1-4H,(H,14,15). The van der Waals surface area contributed by atoms with Crippen LogP contribution in [0.15, 0.2) is 18.3 Å². The maximum Gasteiger partial charge on any atom is 0.194 e. The summed E-state index contributed by atoms with van der Waals surface area (Å²) in [6.07, 6.45) is 1.69. The van der Waals surface area contributed by atoms with Crippen LogP contribution >= 0.6 is 0 Å². The lowest BCUT2D eigenvalue weighted by atomic mass is 10.1. The first-order valence-corrected chi connectivity index (χ1v) is 4.27. The van der Waals surface area contributed by atoms with E-state index in [4.69, 9.17) is 0 Å². The van der Waals surface area contributed by atoms with E-state index in [2.05, 4.69) is 10.2 Å². The first-order chi connectivity index (χ1) is 7.63. The largest absolute Gasteiger partial charge is 0.298 e. The van der Waals surface area contributed by atoms with Gasteiger partial charge in [-0.05, 0) is 12.1 Å². The van der Waals surface area contributed by atoms with E-state index >= 15 is 0 Å². The molecule has 3 nitrogen and oxygen atoms in total. The molecule has 0 aliphatic carbocycles. The van der Waals surface area contributed by atoms with Crippen molar-refractivity contribution in [1.29, 1.82) is 0 Å². The number of nitrogens with zero attached hydrogens (tertiary/aromatic N) is 1. The van der Waals surface area contributed by atoms with Crippen LogP contribution in [-0.2, 0) is 0 Å². The number of aromatic nitrogens is 2. The van der Waals surface area contributed by atoms with Crippen LogP contribution in [0.3, 0.4) is 0 Å². The Morgan fingerprint density at radius 3 is 2.38 bits per heavy atom. The summed E-state index contributed by atoms with van der Waals surface area (Å²) in [6.45, 7) is 0. The molecule has 0 aliphatic heterocycles. The van der Waals surface area contributed by atoms with Gasteiger partial charge in [-0.2, -0.15) is 5.10 Å². The monoisotopic (exact) mass is 226 g/mol. The highest BCUT2D eigenvalue weighted by Crippen LogP contribution is 2.23. The molecule has 1 aromatic heterocycles. The first-order valence-electron chi connectivity index (χ1n) is 4.27. The van der Waals surface area contributed by atoms with Gasteiger partial charge in [-0.25, -0.2) is 13.2 Å². The van der Waals surface area contributed by atoms with E-state index in [0.717, 1.165) is 12.1 Å². The Morgan fingerprint density at radius 2 is 1.81 bits per heavy atom. The molecule has 0 aliphatic rings. The van der Waals surface area contributed by atoms with Gasteiger partial charge in [0.15, 0.2) is 23.7 Å². The van der Waals surface area contributed by atoms with E-state index in [1.54, 1.807) is 0 Å². The van der Waals surface area contributed by atoms with Crippen LogP contribution in [0.25, 0.3) is 11.3 Å². The molecule has 0 spiro atoms. The fourth-order valence-electron chi connectivity index (χ4n) is 1.32. The van der Waals surface area contributed by atoms with Crippen molar-refractivity contribution in [2.45, 2.75) is 0 Å². The van der Waals surface area contributed by atoms with Gasteiger partial charge in [0, 0.05) is 5.56 Å². The summed E-state index contributed by atoms with van der Waals surface area (Å²) in [6, 6.07) is 1.58. The fourth-order valence-corrected chi connectivity index (χ4v) is 1.32. The Bertz CT molecular complexity index is 528. The zero-order chi connectivity index (χ0) is 11.7. The summed E-state index contributed by atoms with van der Waals surface area (Å²) in [4.78, 5) is 10.6. The zero-order valence-electron chi connectivity index (χ0n) is 7.80. The molecule has 1 N–H and O–H groups in total. The highest BCUT2D eigenvalue weighted by molar-refractivity contribution is 5.85. The normalized spacial score (nSPS) is 10.4. The number of benzene rings is 1. The Balaban J connectivity index is 2.61. The molecule has 16 heavy (non-hydrogen) atoms. The molecule has 6 heteroatoms. The van der Waals surface area contributed by atoms with Gasteiger partial charge in [0.25, 0.3) is 0 Å². The summed E-state index contributed by atoms with van der Waals surface area (Å²) in [5.74, 6) is -4.18. The lowest BCUT2D eigenvalue weighted by molar-refractivity contribution is 0.112. The molecule has 0 saturated carbocycles. The van der Waals surface area contributed by atoms with Crippen LogP contribution in [0.5, 0.6) is 0 Å². The third-order valence-electron chi connectivity index (χ3n) is 2.07. The first kappa shape index (κ1) is 10.4. The number of aromatic amines is 1. The maximum absolute atomic E-state index is 12.9. The van der Waals surface area contributed by atoms with Gasteiger partial charge in [-0.1, -0.05) is 0 Å². The third kappa shape index (κ3) is 1.58. The molecule has 0 atom stereocenters. The Labute approximate surface area is 87.9 Å². The van der Waals surface area contributed by atoms with E-state index in [9.17, 15) is 18.0 Å². The van der Waals surface area contributed by atoms with Crippen molar-refractivity contribution in [3.05, 3.63) is 41.3 Å². The average molecular weight is 226 g/mol. The third-order valence-corrected chi connectivity index (χ3v) is 2.07. The lowest BCUT2D eigenvalue weighted by Gasteiger charge is -2.01. The smallest absolute Gasteiger partial charge is 0.194 e. The van der Waals surface area contributed by atoms with E-state index in [1.807, 2.05) is 0 Å². The predicted octanol–water partition coefficient (Wildman–Crippen LogP) is 2.31. The molecule has 2 aromatic rings. The number of hydrogen-bond acceptors (Lipinski definition) is 2. The lowest BCUT2D eigenvalue weighted by Crippen LogP contribution is -1.93. The molecule has 0 bridgehead atoms. The van der Waals surface area contributed by atoms with Crippen molar-refractivity contribution in [3.8, 4) is 11.3 Å². The number of hydrogen-bond donors (Lipinski definition) is 1. The predicted molar refractivity (Wildman–Crippen MR) is 49.3 cm³/mol. The minimum absolute atomic E-state index is 0.0241. The summed E-state index contributed by atoms with van der Waals surface area (Å²) >= 11 is 0. The average Bonchev–Trinajstić information content (AvgIpc) is 2.73. The second-order valence-corrected chi connectivity index (χ2v) is 3.07. The van der Waals surface area contributed by atoms with Gasteiger partial charge in [0.2, 0.25) is 0 Å². The van der Waals surface area contributed by atoms with Crippen LogP contribution in [0.2, 0.25) is 0 Å². The molecule has 0 unspecified atom stereocenters. The van der Waals surface area contributed by atoms with Gasteiger partial charge >= 0.3 is 0 Å². The van der Waals surface area contributed by atoms with Crippen LogP contribution in [0.4, 0.5) is 13.2 Å². The fraction of sp³-hybridized carbons (Fsp3) is 0. The highest BCUT2D eigenvalue weighted by atomic mass is 19.2. The molecular formula is C10H5F3N2O. The summed E-state index contributed by atoms with van der Waals surface area (Å²) in [5.41, 5.74) is 0.314. The van der Waals surface area contributed by atoms with Gasteiger partial charge in [-0.15, -0.1) is 0 Å². The summed E-state index contributed by atoms with van der Waals surface area (Å²) < 4.78 is 38.5. The minimum Gasteiger partial charge on any atom is -0.298 e. The summed E-state index contributed by atoms with van der Waals surface area (Å²) in [7, 11) is 0. The molecule has 0 fully saturated rings. The van der Waals surface area contributed by atoms with Crippen LogP contribution in [0.1, 0.15) is 10.4 Å². The van der Waals surface area contributed by atoms with E-state index in [-0.39, 0.29) is 16.8 Å². The maximum atomic E-state index is 12.9. The summed E-state index contributed by atoms with van der Waals surface area (Å²) in [5, 5.41) is 5.97. The SMILES string of the molecule is O=Cc1cn[nH]c1-c1cc(F)c(F)c(F)c1. The molecule has 82 valence electrons. The second kappa shape index (κ2) is 3.80. The number of carbonyl (C=O) groups is 1. The Kier molecular flexibility index (Phi) is 2.47. The van der Waals surface area contributed by atoms with Crippen molar-refractivity contribution < 1.29 is 18.0 Å². The molecule has 1 heterocycles. The molecule has 0 amide bonds. The number of aldehydes is 1. The van der Waals surface area contributed by atoms with Gasteiger partial charge < -0.3 is 0 Å². The number of H-pyrrole nitrogens is 1. The van der Waals surface area contributed by atoms with Crippen molar-refractivity contribution >= 4 is 6.29 Å². The molecule has 1 aromatic carbocycles. The van der Waals surface area contributed by atoms with Gasteiger partial charge in [0.1, 0.15) is 0 Å². The number of rotatable bonds is 2. The van der Waals surface area contributed by atoms with Crippen LogP contribution in [-0.4, -0.2) is 16.5 Å². The number of carbonyl (C=O) groups excluding carboxylic acids is 1. The van der Waals surface area contributed by atoms with E-state index in [0.29, 0.717) is 6.29 Å². The number of halogens is 3. The van der Waals surface area contributed by atoms with Crippen molar-refractivity contribution in [3.63, 3.8) is 0 Å². The highest BCUT2D eigenvalue weighted by Gasteiger charge is 2.14. The quantitative estimate of drug-likeness (QED) is 0.630. The van der Waals surface area contributed by atoms with Crippen molar-refractivity contribution in [2.75, 3.05) is 0 Å². The van der Waals surface area contributed by atoms with Gasteiger partial charge in [0.05, 0.1) is 17.5 Å².